The number of hydrogen-bond donors (Lipinski definition) is 2. The first-order valence-corrected chi connectivity index (χ1v) is 6.72. The fraction of sp³-hybridized carbons (Fsp3) is 0.0909. The molecule has 16 heavy (non-hydrogen) atoms. The molecule has 0 fully saturated rings. The third-order valence-corrected chi connectivity index (χ3v) is 4.16. The Morgan fingerprint density at radius 2 is 2.19 bits per heavy atom. The van der Waals surface area contributed by atoms with Crippen molar-refractivity contribution in [3.63, 3.8) is 0 Å². The van der Waals surface area contributed by atoms with E-state index in [1.165, 1.54) is 0 Å². The zero-order valence-corrected chi connectivity index (χ0v) is 11.4. The van der Waals surface area contributed by atoms with Crippen molar-refractivity contribution in [3.05, 3.63) is 55.6 Å². The number of hydrazine groups is 1. The molecule has 2 nitrogen and oxygen atoms in total. The van der Waals surface area contributed by atoms with Gasteiger partial charge in [-0.05, 0) is 35.2 Å². The van der Waals surface area contributed by atoms with Crippen LogP contribution in [0.2, 0.25) is 5.02 Å². The SMILES string of the molecule is NNC(c1cccs1)c1cc(Cl)ccc1Br. The number of hydrogen-bond acceptors (Lipinski definition) is 3. The number of halogens is 2. The van der Waals surface area contributed by atoms with Crippen molar-refractivity contribution in [1.29, 1.82) is 0 Å². The zero-order valence-electron chi connectivity index (χ0n) is 8.28. The van der Waals surface area contributed by atoms with Crippen LogP contribution in [0.15, 0.2) is 40.2 Å². The van der Waals surface area contributed by atoms with Gasteiger partial charge >= 0.3 is 0 Å². The van der Waals surface area contributed by atoms with Crippen LogP contribution in [0.3, 0.4) is 0 Å². The molecule has 0 spiro atoms. The van der Waals surface area contributed by atoms with Crippen LogP contribution in [0.5, 0.6) is 0 Å². The van der Waals surface area contributed by atoms with Crippen LogP contribution in [0.4, 0.5) is 0 Å². The van der Waals surface area contributed by atoms with Crippen LogP contribution in [-0.2, 0) is 0 Å². The number of benzene rings is 1. The molecule has 0 amide bonds. The normalized spacial score (nSPS) is 12.7. The van der Waals surface area contributed by atoms with Gasteiger partial charge in [0.1, 0.15) is 0 Å². The Bertz CT molecular complexity index is 473. The van der Waals surface area contributed by atoms with E-state index in [1.807, 2.05) is 35.7 Å². The molecule has 0 bridgehead atoms. The summed E-state index contributed by atoms with van der Waals surface area (Å²) < 4.78 is 0.994. The van der Waals surface area contributed by atoms with E-state index in [4.69, 9.17) is 17.4 Å². The number of rotatable bonds is 3. The Morgan fingerprint density at radius 1 is 1.38 bits per heavy atom. The van der Waals surface area contributed by atoms with Gasteiger partial charge in [0, 0.05) is 14.4 Å². The van der Waals surface area contributed by atoms with Gasteiger partial charge in [0.05, 0.1) is 6.04 Å². The summed E-state index contributed by atoms with van der Waals surface area (Å²) in [6.45, 7) is 0. The van der Waals surface area contributed by atoms with Crippen molar-refractivity contribution in [3.8, 4) is 0 Å². The van der Waals surface area contributed by atoms with E-state index < -0.39 is 0 Å². The lowest BCUT2D eigenvalue weighted by Crippen LogP contribution is -2.28. The number of nitrogens with one attached hydrogen (secondary N) is 1. The van der Waals surface area contributed by atoms with Gasteiger partial charge in [0.25, 0.3) is 0 Å². The topological polar surface area (TPSA) is 38.0 Å². The maximum atomic E-state index is 5.99. The minimum Gasteiger partial charge on any atom is -0.271 e. The van der Waals surface area contributed by atoms with Crippen molar-refractivity contribution in [2.24, 2.45) is 5.84 Å². The minimum atomic E-state index is -0.0342. The molecule has 1 atom stereocenters. The van der Waals surface area contributed by atoms with Crippen molar-refractivity contribution in [2.45, 2.75) is 6.04 Å². The minimum absolute atomic E-state index is 0.0342. The average Bonchev–Trinajstić information content (AvgIpc) is 2.78. The van der Waals surface area contributed by atoms with Gasteiger partial charge in [0.15, 0.2) is 0 Å². The van der Waals surface area contributed by atoms with Crippen LogP contribution in [0.1, 0.15) is 16.5 Å². The first kappa shape index (κ1) is 12.1. The highest BCUT2D eigenvalue weighted by Gasteiger charge is 2.16. The van der Waals surface area contributed by atoms with E-state index in [2.05, 4.69) is 21.4 Å². The molecule has 0 aliphatic rings. The zero-order chi connectivity index (χ0) is 11.5. The predicted octanol–water partition coefficient (Wildman–Crippen LogP) is 3.72. The Balaban J connectivity index is 2.44. The molecule has 84 valence electrons. The highest BCUT2D eigenvalue weighted by Crippen LogP contribution is 2.32. The summed E-state index contributed by atoms with van der Waals surface area (Å²) in [7, 11) is 0. The van der Waals surface area contributed by atoms with Gasteiger partial charge in [-0.15, -0.1) is 11.3 Å². The summed E-state index contributed by atoms with van der Waals surface area (Å²) in [6.07, 6.45) is 0. The Kier molecular flexibility index (Phi) is 4.00. The predicted molar refractivity (Wildman–Crippen MR) is 72.6 cm³/mol. The monoisotopic (exact) mass is 316 g/mol. The first-order valence-electron chi connectivity index (χ1n) is 4.67. The fourth-order valence-corrected chi connectivity index (χ4v) is 2.98. The lowest BCUT2D eigenvalue weighted by Gasteiger charge is -2.16. The van der Waals surface area contributed by atoms with Crippen molar-refractivity contribution >= 4 is 38.9 Å². The molecule has 5 heteroatoms. The second-order valence-corrected chi connectivity index (χ2v) is 5.55. The van der Waals surface area contributed by atoms with Crippen molar-refractivity contribution < 1.29 is 0 Å². The van der Waals surface area contributed by atoms with Gasteiger partial charge in [-0.1, -0.05) is 33.6 Å². The smallest absolute Gasteiger partial charge is 0.0813 e. The molecule has 1 aromatic heterocycles. The van der Waals surface area contributed by atoms with Crippen molar-refractivity contribution in [2.75, 3.05) is 0 Å². The lowest BCUT2D eigenvalue weighted by atomic mass is 10.1. The van der Waals surface area contributed by atoms with Crippen LogP contribution in [0, 0.1) is 0 Å². The Morgan fingerprint density at radius 3 is 2.81 bits per heavy atom. The summed E-state index contributed by atoms with van der Waals surface area (Å²) in [5.41, 5.74) is 3.85. The Hall–Kier alpha value is -0.390. The average molecular weight is 318 g/mol. The summed E-state index contributed by atoms with van der Waals surface area (Å²) in [4.78, 5) is 1.16. The van der Waals surface area contributed by atoms with Gasteiger partial charge in [-0.25, -0.2) is 5.43 Å². The van der Waals surface area contributed by atoms with E-state index >= 15 is 0 Å². The molecule has 1 aromatic carbocycles. The fourth-order valence-electron chi connectivity index (χ4n) is 1.52. The molecule has 0 aliphatic heterocycles. The van der Waals surface area contributed by atoms with E-state index in [-0.39, 0.29) is 6.04 Å². The summed E-state index contributed by atoms with van der Waals surface area (Å²) in [5, 5.41) is 2.73. The van der Waals surface area contributed by atoms with Gasteiger partial charge in [0.2, 0.25) is 0 Å². The molecule has 0 saturated carbocycles. The summed E-state index contributed by atoms with van der Waals surface area (Å²) >= 11 is 11.2. The molecular formula is C11H10BrClN2S. The van der Waals surface area contributed by atoms with Gasteiger partial charge < -0.3 is 0 Å². The number of nitrogens with two attached hydrogens (primary N) is 1. The molecule has 1 unspecified atom stereocenters. The largest absolute Gasteiger partial charge is 0.271 e. The summed E-state index contributed by atoms with van der Waals surface area (Å²) in [5.74, 6) is 5.61. The second-order valence-electron chi connectivity index (χ2n) is 3.28. The molecule has 1 heterocycles. The number of thiophene rings is 1. The van der Waals surface area contributed by atoms with E-state index in [9.17, 15) is 0 Å². The van der Waals surface area contributed by atoms with E-state index in [0.29, 0.717) is 5.02 Å². The first-order chi connectivity index (χ1) is 7.72. The van der Waals surface area contributed by atoms with Crippen LogP contribution in [0.25, 0.3) is 0 Å². The quantitative estimate of drug-likeness (QED) is 0.669. The summed E-state index contributed by atoms with van der Waals surface area (Å²) in [6, 6.07) is 9.70. The van der Waals surface area contributed by atoms with E-state index in [0.717, 1.165) is 14.9 Å². The third kappa shape index (κ3) is 2.47. The van der Waals surface area contributed by atoms with Crippen LogP contribution < -0.4 is 11.3 Å². The standard InChI is InChI=1S/C11H10BrClN2S/c12-9-4-3-7(13)6-8(9)11(15-14)10-2-1-5-16-10/h1-6,11,15H,14H2. The second kappa shape index (κ2) is 5.29. The highest BCUT2D eigenvalue weighted by molar-refractivity contribution is 9.10. The maximum absolute atomic E-state index is 5.99. The Labute approximate surface area is 112 Å². The third-order valence-electron chi connectivity index (χ3n) is 2.26. The van der Waals surface area contributed by atoms with Crippen LogP contribution in [-0.4, -0.2) is 0 Å². The molecule has 2 aromatic rings. The van der Waals surface area contributed by atoms with Gasteiger partial charge in [-0.3, -0.25) is 5.84 Å². The molecule has 3 N–H and O–H groups in total. The lowest BCUT2D eigenvalue weighted by molar-refractivity contribution is 0.644. The maximum Gasteiger partial charge on any atom is 0.0813 e. The molecule has 0 aliphatic carbocycles. The molecule has 0 radical (unpaired) electrons. The molecular weight excluding hydrogens is 308 g/mol. The highest BCUT2D eigenvalue weighted by atomic mass is 79.9. The van der Waals surface area contributed by atoms with Crippen LogP contribution >= 0.6 is 38.9 Å². The molecule has 0 saturated heterocycles. The molecule has 2 rings (SSSR count). The van der Waals surface area contributed by atoms with Crippen molar-refractivity contribution in [1.82, 2.24) is 5.43 Å². The van der Waals surface area contributed by atoms with E-state index in [1.54, 1.807) is 11.3 Å². The van der Waals surface area contributed by atoms with Gasteiger partial charge in [-0.2, -0.15) is 0 Å².